The third kappa shape index (κ3) is 3.19. The predicted molar refractivity (Wildman–Crippen MR) is 70.2 cm³/mol. The summed E-state index contributed by atoms with van der Waals surface area (Å²) in [6.07, 6.45) is 0.340. The molecule has 2 aromatic carbocycles. The van der Waals surface area contributed by atoms with Gasteiger partial charge in [-0.3, -0.25) is 4.79 Å². The second kappa shape index (κ2) is 6.09. The summed E-state index contributed by atoms with van der Waals surface area (Å²) < 4.78 is 45.5. The van der Waals surface area contributed by atoms with Crippen LogP contribution < -0.4 is 4.74 Å². The summed E-state index contributed by atoms with van der Waals surface area (Å²) in [6, 6.07) is 5.64. The van der Waals surface area contributed by atoms with E-state index in [1.165, 1.54) is 18.2 Å². The molecule has 0 heterocycles. The van der Waals surface area contributed by atoms with E-state index < -0.39 is 23.2 Å². The summed E-state index contributed by atoms with van der Waals surface area (Å²) in [4.78, 5) is 10.5. The van der Waals surface area contributed by atoms with Crippen LogP contribution in [0.2, 0.25) is 0 Å². The fourth-order valence-electron chi connectivity index (χ4n) is 1.57. The van der Waals surface area contributed by atoms with Crippen LogP contribution in [0.4, 0.5) is 13.2 Å². The number of carbonyl (C=O) groups excluding carboxylic acids is 1. The molecule has 104 valence electrons. The van der Waals surface area contributed by atoms with Crippen molar-refractivity contribution in [2.45, 2.75) is 6.61 Å². The molecule has 0 radical (unpaired) electrons. The fraction of sp³-hybridized carbons (Fsp3) is 0.0714. The van der Waals surface area contributed by atoms with Crippen molar-refractivity contribution in [3.63, 3.8) is 0 Å². The summed E-state index contributed by atoms with van der Waals surface area (Å²) >= 11 is 3.13. The molecule has 0 fully saturated rings. The third-order valence-electron chi connectivity index (χ3n) is 2.54. The first kappa shape index (κ1) is 14.6. The SMILES string of the molecule is O=Cc1cc(F)c(OCc2ccc(F)cc2Br)c(F)c1. The minimum Gasteiger partial charge on any atom is -0.483 e. The van der Waals surface area contributed by atoms with Crippen molar-refractivity contribution >= 4 is 22.2 Å². The van der Waals surface area contributed by atoms with Crippen LogP contribution in [0.5, 0.6) is 5.75 Å². The zero-order valence-corrected chi connectivity index (χ0v) is 11.6. The van der Waals surface area contributed by atoms with Gasteiger partial charge < -0.3 is 4.74 Å². The first-order chi connectivity index (χ1) is 9.51. The van der Waals surface area contributed by atoms with E-state index in [9.17, 15) is 18.0 Å². The molecule has 0 aliphatic carbocycles. The third-order valence-corrected chi connectivity index (χ3v) is 3.28. The van der Waals surface area contributed by atoms with Crippen molar-refractivity contribution < 1.29 is 22.7 Å². The largest absolute Gasteiger partial charge is 0.483 e. The molecule has 0 bridgehead atoms. The number of ether oxygens (including phenoxy) is 1. The number of aldehydes is 1. The molecule has 20 heavy (non-hydrogen) atoms. The smallest absolute Gasteiger partial charge is 0.191 e. The van der Waals surface area contributed by atoms with Crippen molar-refractivity contribution in [2.75, 3.05) is 0 Å². The normalized spacial score (nSPS) is 10.4. The van der Waals surface area contributed by atoms with Crippen molar-refractivity contribution in [3.8, 4) is 5.75 Å². The Balaban J connectivity index is 2.21. The second-order valence-corrected chi connectivity index (χ2v) is 4.81. The molecular weight excluding hydrogens is 337 g/mol. The average molecular weight is 345 g/mol. The van der Waals surface area contributed by atoms with Crippen molar-refractivity contribution in [1.29, 1.82) is 0 Å². The number of hydrogen-bond donors (Lipinski definition) is 0. The van der Waals surface area contributed by atoms with Crippen molar-refractivity contribution in [1.82, 2.24) is 0 Å². The lowest BCUT2D eigenvalue weighted by molar-refractivity contribution is 0.112. The average Bonchev–Trinajstić information content (AvgIpc) is 2.39. The number of carbonyl (C=O) groups is 1. The Morgan fingerprint density at radius 3 is 2.30 bits per heavy atom. The molecular formula is C14H8BrF3O2. The maximum atomic E-state index is 13.6. The van der Waals surface area contributed by atoms with Crippen LogP contribution in [0.25, 0.3) is 0 Å². The molecule has 0 aromatic heterocycles. The van der Waals surface area contributed by atoms with Gasteiger partial charge in [0.1, 0.15) is 18.7 Å². The van der Waals surface area contributed by atoms with Gasteiger partial charge in [0.05, 0.1) is 0 Å². The van der Waals surface area contributed by atoms with Crippen LogP contribution in [0.3, 0.4) is 0 Å². The predicted octanol–water partition coefficient (Wildman–Crippen LogP) is 4.26. The maximum absolute atomic E-state index is 13.6. The zero-order valence-electron chi connectivity index (χ0n) is 10.00. The van der Waals surface area contributed by atoms with Gasteiger partial charge in [0.15, 0.2) is 17.4 Å². The number of benzene rings is 2. The Morgan fingerprint density at radius 2 is 1.75 bits per heavy atom. The monoisotopic (exact) mass is 344 g/mol. The van der Waals surface area contributed by atoms with Gasteiger partial charge in [0, 0.05) is 15.6 Å². The molecule has 0 aliphatic heterocycles. The van der Waals surface area contributed by atoms with Crippen molar-refractivity contribution in [2.24, 2.45) is 0 Å². The number of rotatable bonds is 4. The van der Waals surface area contributed by atoms with E-state index in [-0.39, 0.29) is 12.2 Å². The molecule has 0 atom stereocenters. The van der Waals surface area contributed by atoms with Crippen LogP contribution in [-0.4, -0.2) is 6.29 Å². The molecule has 0 amide bonds. The Bertz CT molecular complexity index is 636. The van der Waals surface area contributed by atoms with Crippen LogP contribution >= 0.6 is 15.9 Å². The van der Waals surface area contributed by atoms with Gasteiger partial charge >= 0.3 is 0 Å². The minimum absolute atomic E-state index is 0.115. The lowest BCUT2D eigenvalue weighted by Gasteiger charge is -2.10. The summed E-state index contributed by atoms with van der Waals surface area (Å²) in [5.41, 5.74) is 0.417. The Kier molecular flexibility index (Phi) is 4.44. The van der Waals surface area contributed by atoms with E-state index in [2.05, 4.69) is 15.9 Å². The van der Waals surface area contributed by atoms with Gasteiger partial charge in [-0.1, -0.05) is 22.0 Å². The summed E-state index contributed by atoms with van der Waals surface area (Å²) in [5, 5.41) is 0. The van der Waals surface area contributed by atoms with E-state index in [0.29, 0.717) is 16.3 Å². The highest BCUT2D eigenvalue weighted by atomic mass is 79.9. The maximum Gasteiger partial charge on any atom is 0.191 e. The molecule has 0 saturated heterocycles. The summed E-state index contributed by atoms with van der Waals surface area (Å²) in [5.74, 6) is -2.95. The Hall–Kier alpha value is -1.82. The lowest BCUT2D eigenvalue weighted by atomic mass is 10.2. The molecule has 2 rings (SSSR count). The van der Waals surface area contributed by atoms with E-state index in [4.69, 9.17) is 4.74 Å². The lowest BCUT2D eigenvalue weighted by Crippen LogP contribution is -2.02. The standard InChI is InChI=1S/C14H8BrF3O2/c15-11-5-10(16)2-1-9(11)7-20-14-12(17)3-8(6-19)4-13(14)18/h1-6H,7H2. The molecule has 2 nitrogen and oxygen atoms in total. The first-order valence-electron chi connectivity index (χ1n) is 5.52. The minimum atomic E-state index is -0.967. The van der Waals surface area contributed by atoms with Gasteiger partial charge in [0.25, 0.3) is 0 Å². The highest BCUT2D eigenvalue weighted by Crippen LogP contribution is 2.25. The summed E-state index contributed by atoms with van der Waals surface area (Å²) in [6.45, 7) is -0.144. The number of hydrogen-bond acceptors (Lipinski definition) is 2. The molecule has 0 N–H and O–H groups in total. The zero-order chi connectivity index (χ0) is 14.7. The topological polar surface area (TPSA) is 26.3 Å². The van der Waals surface area contributed by atoms with Crippen LogP contribution in [0.1, 0.15) is 15.9 Å². The molecule has 0 aliphatic rings. The van der Waals surface area contributed by atoms with Gasteiger partial charge in [0.2, 0.25) is 0 Å². The first-order valence-corrected chi connectivity index (χ1v) is 6.31. The molecule has 0 unspecified atom stereocenters. The molecule has 0 spiro atoms. The molecule has 6 heteroatoms. The molecule has 2 aromatic rings. The van der Waals surface area contributed by atoms with Crippen LogP contribution in [0, 0.1) is 17.5 Å². The fourth-order valence-corrected chi connectivity index (χ4v) is 2.04. The van der Waals surface area contributed by atoms with E-state index in [1.54, 1.807) is 0 Å². The quantitative estimate of drug-likeness (QED) is 0.774. The van der Waals surface area contributed by atoms with Crippen molar-refractivity contribution in [3.05, 3.63) is 63.4 Å². The number of halogens is 4. The highest BCUT2D eigenvalue weighted by molar-refractivity contribution is 9.10. The van der Waals surface area contributed by atoms with E-state index >= 15 is 0 Å². The Labute approximate surface area is 121 Å². The van der Waals surface area contributed by atoms with Crippen LogP contribution in [0.15, 0.2) is 34.8 Å². The second-order valence-electron chi connectivity index (χ2n) is 3.96. The Morgan fingerprint density at radius 1 is 1.10 bits per heavy atom. The van der Waals surface area contributed by atoms with E-state index in [1.807, 2.05) is 0 Å². The van der Waals surface area contributed by atoms with Gasteiger partial charge in [-0.2, -0.15) is 0 Å². The van der Waals surface area contributed by atoms with E-state index in [0.717, 1.165) is 12.1 Å². The van der Waals surface area contributed by atoms with Gasteiger partial charge in [-0.15, -0.1) is 0 Å². The van der Waals surface area contributed by atoms with Gasteiger partial charge in [-0.05, 0) is 24.3 Å². The van der Waals surface area contributed by atoms with Gasteiger partial charge in [-0.25, -0.2) is 13.2 Å². The molecule has 0 saturated carbocycles. The highest BCUT2D eigenvalue weighted by Gasteiger charge is 2.13. The summed E-state index contributed by atoms with van der Waals surface area (Å²) in [7, 11) is 0. The van der Waals surface area contributed by atoms with Crippen LogP contribution in [-0.2, 0) is 6.61 Å².